The van der Waals surface area contributed by atoms with E-state index in [1.807, 2.05) is 0 Å². The van der Waals surface area contributed by atoms with Crippen LogP contribution in [-0.4, -0.2) is 34.7 Å². The lowest BCUT2D eigenvalue weighted by atomic mass is 9.98. The Labute approximate surface area is 126 Å². The van der Waals surface area contributed by atoms with Gasteiger partial charge in [-0.3, -0.25) is 9.69 Å². The molecule has 0 aromatic heterocycles. The van der Waals surface area contributed by atoms with Crippen molar-refractivity contribution in [3.8, 4) is 5.75 Å². The molecule has 2 rings (SSSR count). The van der Waals surface area contributed by atoms with E-state index in [4.69, 9.17) is 11.6 Å². The van der Waals surface area contributed by atoms with Gasteiger partial charge in [0.05, 0.1) is 0 Å². The Balaban J connectivity index is 2.26. The van der Waals surface area contributed by atoms with Gasteiger partial charge in [-0.1, -0.05) is 11.6 Å². The summed E-state index contributed by atoms with van der Waals surface area (Å²) in [4.78, 5) is 13.2. The third-order valence-electron chi connectivity index (χ3n) is 3.85. The molecule has 1 aliphatic heterocycles. The maximum Gasteiger partial charge on any atom is 0.387 e. The Hall–Kier alpha value is -1.40. The SMILES string of the molecule is CC1(C(=O)O)CCCN1Cc1cc(Cl)ccc1OC(F)F. The van der Waals surface area contributed by atoms with Crippen LogP contribution in [0.4, 0.5) is 8.78 Å². The summed E-state index contributed by atoms with van der Waals surface area (Å²) in [6.07, 6.45) is 1.27. The Morgan fingerprint density at radius 2 is 2.29 bits per heavy atom. The zero-order valence-electron chi connectivity index (χ0n) is 11.5. The summed E-state index contributed by atoms with van der Waals surface area (Å²) in [6, 6.07) is 4.36. The second kappa shape index (κ2) is 6.15. The van der Waals surface area contributed by atoms with E-state index < -0.39 is 18.1 Å². The number of alkyl halides is 2. The van der Waals surface area contributed by atoms with Crippen molar-refractivity contribution in [2.24, 2.45) is 0 Å². The lowest BCUT2D eigenvalue weighted by Crippen LogP contribution is -2.47. The quantitative estimate of drug-likeness (QED) is 0.904. The third kappa shape index (κ3) is 3.44. The molecule has 0 radical (unpaired) electrons. The highest BCUT2D eigenvalue weighted by molar-refractivity contribution is 6.30. The standard InChI is InChI=1S/C14H16ClF2NO3/c1-14(12(19)20)5-2-6-18(14)8-9-7-10(15)3-4-11(9)21-13(16)17/h3-4,7,13H,2,5-6,8H2,1H3,(H,19,20). The molecule has 7 heteroatoms. The lowest BCUT2D eigenvalue weighted by molar-refractivity contribution is -0.149. The zero-order valence-corrected chi connectivity index (χ0v) is 12.2. The van der Waals surface area contributed by atoms with Crippen LogP contribution in [-0.2, 0) is 11.3 Å². The monoisotopic (exact) mass is 319 g/mol. The number of carboxylic acid groups (broad SMARTS) is 1. The molecule has 1 unspecified atom stereocenters. The minimum atomic E-state index is -2.94. The van der Waals surface area contributed by atoms with Crippen LogP contribution in [0.15, 0.2) is 18.2 Å². The highest BCUT2D eigenvalue weighted by Gasteiger charge is 2.43. The van der Waals surface area contributed by atoms with Crippen LogP contribution < -0.4 is 4.74 Å². The number of likely N-dealkylation sites (tertiary alicyclic amines) is 1. The highest BCUT2D eigenvalue weighted by atomic mass is 35.5. The summed E-state index contributed by atoms with van der Waals surface area (Å²) in [6.45, 7) is -0.510. The summed E-state index contributed by atoms with van der Waals surface area (Å²) in [5.41, 5.74) is -0.540. The fourth-order valence-corrected chi connectivity index (χ4v) is 2.80. The van der Waals surface area contributed by atoms with Gasteiger partial charge in [0, 0.05) is 17.1 Å². The van der Waals surface area contributed by atoms with E-state index in [9.17, 15) is 18.7 Å². The normalized spacial score (nSPS) is 22.7. The number of rotatable bonds is 5. The van der Waals surface area contributed by atoms with Gasteiger partial charge in [0.15, 0.2) is 0 Å². The van der Waals surface area contributed by atoms with Gasteiger partial charge in [-0.05, 0) is 44.5 Å². The zero-order chi connectivity index (χ0) is 15.6. The van der Waals surface area contributed by atoms with Crippen molar-refractivity contribution in [3.05, 3.63) is 28.8 Å². The molecule has 1 N–H and O–H groups in total. The van der Waals surface area contributed by atoms with Crippen LogP contribution in [0.1, 0.15) is 25.3 Å². The number of nitrogens with zero attached hydrogens (tertiary/aromatic N) is 1. The minimum absolute atomic E-state index is 0.0223. The van der Waals surface area contributed by atoms with Crippen LogP contribution in [0, 0.1) is 0 Å². The van der Waals surface area contributed by atoms with Crippen LogP contribution in [0.5, 0.6) is 5.75 Å². The Morgan fingerprint density at radius 1 is 1.57 bits per heavy atom. The molecule has 1 heterocycles. The van der Waals surface area contributed by atoms with Crippen molar-refractivity contribution in [2.75, 3.05) is 6.54 Å². The van der Waals surface area contributed by atoms with Gasteiger partial charge < -0.3 is 9.84 Å². The van der Waals surface area contributed by atoms with E-state index in [-0.39, 0.29) is 12.3 Å². The van der Waals surface area contributed by atoms with Gasteiger partial charge in [-0.2, -0.15) is 8.78 Å². The van der Waals surface area contributed by atoms with Crippen LogP contribution in [0.25, 0.3) is 0 Å². The van der Waals surface area contributed by atoms with E-state index in [0.717, 1.165) is 6.42 Å². The average Bonchev–Trinajstić information content (AvgIpc) is 2.75. The molecule has 116 valence electrons. The first kappa shape index (κ1) is 16.0. The molecule has 0 saturated carbocycles. The number of hydrogen-bond donors (Lipinski definition) is 1. The van der Waals surface area contributed by atoms with Crippen LogP contribution in [0.2, 0.25) is 5.02 Å². The summed E-state index contributed by atoms with van der Waals surface area (Å²) >= 11 is 5.89. The Morgan fingerprint density at radius 3 is 2.90 bits per heavy atom. The summed E-state index contributed by atoms with van der Waals surface area (Å²) < 4.78 is 29.3. The number of carbonyl (C=O) groups is 1. The van der Waals surface area contributed by atoms with Crippen molar-refractivity contribution < 1.29 is 23.4 Å². The van der Waals surface area contributed by atoms with Crippen LogP contribution >= 0.6 is 11.6 Å². The number of carboxylic acids is 1. The van der Waals surface area contributed by atoms with Gasteiger partial charge in [0.1, 0.15) is 11.3 Å². The molecule has 4 nitrogen and oxygen atoms in total. The minimum Gasteiger partial charge on any atom is -0.480 e. The molecule has 1 aliphatic rings. The van der Waals surface area contributed by atoms with E-state index in [1.54, 1.807) is 11.8 Å². The first-order chi connectivity index (χ1) is 9.83. The summed E-state index contributed by atoms with van der Waals surface area (Å²) in [5, 5.41) is 9.76. The van der Waals surface area contributed by atoms with Crippen molar-refractivity contribution >= 4 is 17.6 Å². The first-order valence-corrected chi connectivity index (χ1v) is 6.92. The Bertz CT molecular complexity index is 541. The van der Waals surface area contributed by atoms with Gasteiger partial charge in [-0.25, -0.2) is 0 Å². The van der Waals surface area contributed by atoms with Gasteiger partial charge in [0.25, 0.3) is 0 Å². The smallest absolute Gasteiger partial charge is 0.387 e. The maximum absolute atomic E-state index is 12.4. The lowest BCUT2D eigenvalue weighted by Gasteiger charge is -2.31. The average molecular weight is 320 g/mol. The van der Waals surface area contributed by atoms with E-state index in [0.29, 0.717) is 23.6 Å². The molecule has 1 aromatic rings. The topological polar surface area (TPSA) is 49.8 Å². The second-order valence-electron chi connectivity index (χ2n) is 5.23. The van der Waals surface area contributed by atoms with Crippen molar-refractivity contribution in [3.63, 3.8) is 0 Å². The number of ether oxygens (including phenoxy) is 1. The van der Waals surface area contributed by atoms with E-state index >= 15 is 0 Å². The van der Waals surface area contributed by atoms with Crippen molar-refractivity contribution in [2.45, 2.75) is 38.5 Å². The van der Waals surface area contributed by atoms with Crippen molar-refractivity contribution in [1.29, 1.82) is 0 Å². The predicted octanol–water partition coefficient (Wildman–Crippen LogP) is 3.38. The fraction of sp³-hybridized carbons (Fsp3) is 0.500. The third-order valence-corrected chi connectivity index (χ3v) is 4.09. The summed E-state index contributed by atoms with van der Waals surface area (Å²) in [5.74, 6) is -0.896. The highest BCUT2D eigenvalue weighted by Crippen LogP contribution is 2.34. The molecule has 0 amide bonds. The molecule has 1 atom stereocenters. The molecule has 0 aliphatic carbocycles. The van der Waals surface area contributed by atoms with Crippen LogP contribution in [0.3, 0.4) is 0 Å². The number of benzene rings is 1. The molecule has 0 bridgehead atoms. The molecule has 21 heavy (non-hydrogen) atoms. The molecule has 1 saturated heterocycles. The van der Waals surface area contributed by atoms with E-state index in [1.165, 1.54) is 18.2 Å². The Kier molecular flexibility index (Phi) is 4.68. The molecular formula is C14H16ClF2NO3. The summed E-state index contributed by atoms with van der Waals surface area (Å²) in [7, 11) is 0. The number of halogens is 3. The predicted molar refractivity (Wildman–Crippen MR) is 73.8 cm³/mol. The molecule has 1 fully saturated rings. The van der Waals surface area contributed by atoms with Gasteiger partial charge in [-0.15, -0.1) is 0 Å². The molecular weight excluding hydrogens is 304 g/mol. The van der Waals surface area contributed by atoms with Gasteiger partial charge >= 0.3 is 12.6 Å². The fourth-order valence-electron chi connectivity index (χ4n) is 2.60. The number of hydrogen-bond acceptors (Lipinski definition) is 3. The van der Waals surface area contributed by atoms with E-state index in [2.05, 4.69) is 4.74 Å². The number of aliphatic carboxylic acids is 1. The van der Waals surface area contributed by atoms with Gasteiger partial charge in [0.2, 0.25) is 0 Å². The molecule has 0 spiro atoms. The largest absolute Gasteiger partial charge is 0.480 e. The maximum atomic E-state index is 12.4. The first-order valence-electron chi connectivity index (χ1n) is 6.54. The second-order valence-corrected chi connectivity index (χ2v) is 5.67. The van der Waals surface area contributed by atoms with Crippen molar-refractivity contribution in [1.82, 2.24) is 4.90 Å². The molecule has 1 aromatic carbocycles.